The van der Waals surface area contributed by atoms with E-state index in [0.717, 1.165) is 6.26 Å². The van der Waals surface area contributed by atoms with Gasteiger partial charge in [-0.1, -0.05) is 12.1 Å². The summed E-state index contributed by atoms with van der Waals surface area (Å²) in [7, 11) is -2.02. The van der Waals surface area contributed by atoms with Crippen molar-refractivity contribution >= 4 is 27.3 Å². The maximum Gasteiger partial charge on any atom is 0.232 e. The van der Waals surface area contributed by atoms with Gasteiger partial charge in [0.15, 0.2) is 0 Å². The first-order chi connectivity index (χ1) is 12.8. The van der Waals surface area contributed by atoms with Crippen LogP contribution >= 0.6 is 0 Å². The van der Waals surface area contributed by atoms with E-state index >= 15 is 0 Å². The van der Waals surface area contributed by atoms with E-state index in [-0.39, 0.29) is 18.9 Å². The summed E-state index contributed by atoms with van der Waals surface area (Å²) in [6.45, 7) is 2.42. The molecule has 1 N–H and O–H groups in total. The molecule has 2 aromatic rings. The standard InChI is InChI=1S/C19H24N2O5S/c1-4-26-16-11-9-15(10-12-16)21(27(3,23)24)14-13-19(22)20-17-7-5-6-8-18(17)25-2/h5-12H,4,13-14H2,1-3H3,(H,20,22). The lowest BCUT2D eigenvalue weighted by Crippen LogP contribution is -2.33. The van der Waals surface area contributed by atoms with Crippen LogP contribution in [-0.2, 0) is 14.8 Å². The van der Waals surface area contributed by atoms with Crippen LogP contribution < -0.4 is 19.1 Å². The van der Waals surface area contributed by atoms with Gasteiger partial charge >= 0.3 is 0 Å². The molecule has 0 fully saturated rings. The van der Waals surface area contributed by atoms with Crippen LogP contribution in [0.2, 0.25) is 0 Å². The van der Waals surface area contributed by atoms with Crippen molar-refractivity contribution in [2.45, 2.75) is 13.3 Å². The molecule has 27 heavy (non-hydrogen) atoms. The molecule has 0 aliphatic heterocycles. The van der Waals surface area contributed by atoms with Crippen LogP contribution in [0.1, 0.15) is 13.3 Å². The molecule has 7 nitrogen and oxygen atoms in total. The molecule has 0 heterocycles. The highest BCUT2D eigenvalue weighted by molar-refractivity contribution is 7.92. The minimum Gasteiger partial charge on any atom is -0.495 e. The van der Waals surface area contributed by atoms with Crippen molar-refractivity contribution in [3.05, 3.63) is 48.5 Å². The number of nitrogens with zero attached hydrogens (tertiary/aromatic N) is 1. The van der Waals surface area contributed by atoms with Gasteiger partial charge in [0.05, 0.1) is 31.3 Å². The second-order valence-electron chi connectivity index (χ2n) is 5.76. The third kappa shape index (κ3) is 5.89. The van der Waals surface area contributed by atoms with Gasteiger partial charge in [0.2, 0.25) is 15.9 Å². The first-order valence-corrected chi connectivity index (χ1v) is 10.3. The van der Waals surface area contributed by atoms with E-state index in [4.69, 9.17) is 9.47 Å². The van der Waals surface area contributed by atoms with Crippen molar-refractivity contribution in [2.75, 3.05) is 36.1 Å². The van der Waals surface area contributed by atoms with Crippen molar-refractivity contribution in [1.82, 2.24) is 0 Å². The normalized spacial score (nSPS) is 10.9. The van der Waals surface area contributed by atoms with E-state index in [0.29, 0.717) is 29.5 Å². The lowest BCUT2D eigenvalue weighted by atomic mass is 10.2. The molecule has 2 aromatic carbocycles. The fourth-order valence-electron chi connectivity index (χ4n) is 2.53. The largest absolute Gasteiger partial charge is 0.495 e. The summed E-state index contributed by atoms with van der Waals surface area (Å²) in [5, 5.41) is 2.74. The van der Waals surface area contributed by atoms with Crippen LogP contribution in [0.3, 0.4) is 0 Å². The van der Waals surface area contributed by atoms with Crippen molar-refractivity contribution in [1.29, 1.82) is 0 Å². The molecule has 0 bridgehead atoms. The molecule has 0 aliphatic carbocycles. The van der Waals surface area contributed by atoms with Gasteiger partial charge in [-0.3, -0.25) is 9.10 Å². The second-order valence-corrected chi connectivity index (χ2v) is 7.67. The molecule has 2 rings (SSSR count). The number of methoxy groups -OCH3 is 1. The Balaban J connectivity index is 2.07. The summed E-state index contributed by atoms with van der Waals surface area (Å²) in [4.78, 5) is 12.3. The van der Waals surface area contributed by atoms with Crippen LogP contribution in [0.4, 0.5) is 11.4 Å². The van der Waals surface area contributed by atoms with E-state index < -0.39 is 10.0 Å². The van der Waals surface area contributed by atoms with E-state index in [9.17, 15) is 13.2 Å². The molecule has 0 aliphatic rings. The highest BCUT2D eigenvalue weighted by Gasteiger charge is 2.19. The molecular formula is C19H24N2O5S. The van der Waals surface area contributed by atoms with Crippen molar-refractivity contribution in [3.63, 3.8) is 0 Å². The molecule has 1 amide bonds. The predicted molar refractivity (Wildman–Crippen MR) is 106 cm³/mol. The van der Waals surface area contributed by atoms with Gasteiger partial charge in [0, 0.05) is 13.0 Å². The molecule has 0 saturated heterocycles. The Morgan fingerprint density at radius 1 is 1.11 bits per heavy atom. The maximum atomic E-state index is 12.3. The lowest BCUT2D eigenvalue weighted by molar-refractivity contribution is -0.116. The number of ether oxygens (including phenoxy) is 2. The number of para-hydroxylation sites is 2. The summed E-state index contributed by atoms with van der Waals surface area (Å²) in [6.07, 6.45) is 1.11. The first kappa shape index (κ1) is 20.6. The predicted octanol–water partition coefficient (Wildman–Crippen LogP) is 2.89. The lowest BCUT2D eigenvalue weighted by Gasteiger charge is -2.22. The summed E-state index contributed by atoms with van der Waals surface area (Å²) < 4.78 is 36.1. The molecule has 8 heteroatoms. The quantitative estimate of drug-likeness (QED) is 0.709. The molecular weight excluding hydrogens is 368 g/mol. The van der Waals surface area contributed by atoms with Crippen molar-refractivity contribution in [2.24, 2.45) is 0 Å². The summed E-state index contributed by atoms with van der Waals surface area (Å²) in [5.74, 6) is 0.889. The number of sulfonamides is 1. The number of carbonyl (C=O) groups excluding carboxylic acids is 1. The highest BCUT2D eigenvalue weighted by atomic mass is 32.2. The number of nitrogens with one attached hydrogen (secondary N) is 1. The third-order valence-corrected chi connectivity index (χ3v) is 4.95. The fraction of sp³-hybridized carbons (Fsp3) is 0.316. The SMILES string of the molecule is CCOc1ccc(N(CCC(=O)Nc2ccccc2OC)S(C)(=O)=O)cc1. The van der Waals surface area contributed by atoms with Crippen LogP contribution in [0, 0.1) is 0 Å². The Bertz CT molecular complexity index is 866. The van der Waals surface area contributed by atoms with Gasteiger partial charge < -0.3 is 14.8 Å². The number of rotatable bonds is 9. The zero-order chi connectivity index (χ0) is 19.9. The molecule has 0 atom stereocenters. The number of anilines is 2. The van der Waals surface area contributed by atoms with Gasteiger partial charge in [-0.15, -0.1) is 0 Å². The Hall–Kier alpha value is -2.74. The van der Waals surface area contributed by atoms with Gasteiger partial charge in [-0.2, -0.15) is 0 Å². The van der Waals surface area contributed by atoms with Crippen LogP contribution in [-0.4, -0.2) is 40.8 Å². The molecule has 146 valence electrons. The molecule has 0 unspecified atom stereocenters. The molecule has 0 radical (unpaired) electrons. The minimum absolute atomic E-state index is 0.00166. The zero-order valence-electron chi connectivity index (χ0n) is 15.6. The number of benzene rings is 2. The average molecular weight is 392 g/mol. The van der Waals surface area contributed by atoms with E-state index in [1.165, 1.54) is 11.4 Å². The van der Waals surface area contributed by atoms with Gasteiger partial charge in [0.1, 0.15) is 11.5 Å². The number of amides is 1. The van der Waals surface area contributed by atoms with Crippen LogP contribution in [0.5, 0.6) is 11.5 Å². The molecule has 0 aromatic heterocycles. The fourth-order valence-corrected chi connectivity index (χ4v) is 3.45. The van der Waals surface area contributed by atoms with E-state index in [2.05, 4.69) is 5.32 Å². The summed E-state index contributed by atoms with van der Waals surface area (Å²) in [6, 6.07) is 13.7. The number of hydrogen-bond acceptors (Lipinski definition) is 5. The number of hydrogen-bond donors (Lipinski definition) is 1. The smallest absolute Gasteiger partial charge is 0.232 e. The zero-order valence-corrected chi connectivity index (χ0v) is 16.5. The Kier molecular flexibility index (Phi) is 7.06. The number of carbonyl (C=O) groups is 1. The van der Waals surface area contributed by atoms with Gasteiger partial charge in [-0.25, -0.2) is 8.42 Å². The third-order valence-electron chi connectivity index (χ3n) is 3.76. The monoisotopic (exact) mass is 392 g/mol. The van der Waals surface area contributed by atoms with E-state index in [1.54, 1.807) is 48.5 Å². The van der Waals surface area contributed by atoms with Gasteiger partial charge in [-0.05, 0) is 43.3 Å². The van der Waals surface area contributed by atoms with Crippen LogP contribution in [0.15, 0.2) is 48.5 Å². The Morgan fingerprint density at radius 2 is 1.78 bits per heavy atom. The Morgan fingerprint density at radius 3 is 2.37 bits per heavy atom. The van der Waals surface area contributed by atoms with Crippen molar-refractivity contribution < 1.29 is 22.7 Å². The maximum absolute atomic E-state index is 12.3. The minimum atomic E-state index is -3.54. The second kappa shape index (κ2) is 9.27. The van der Waals surface area contributed by atoms with E-state index in [1.807, 2.05) is 6.92 Å². The molecule has 0 spiro atoms. The molecule has 0 saturated carbocycles. The highest BCUT2D eigenvalue weighted by Crippen LogP contribution is 2.24. The van der Waals surface area contributed by atoms with Crippen molar-refractivity contribution in [3.8, 4) is 11.5 Å². The Labute approximate surface area is 160 Å². The topological polar surface area (TPSA) is 84.9 Å². The summed E-state index contributed by atoms with van der Waals surface area (Å²) in [5.41, 5.74) is 1.02. The van der Waals surface area contributed by atoms with Gasteiger partial charge in [0.25, 0.3) is 0 Å². The average Bonchev–Trinajstić information content (AvgIpc) is 2.63. The van der Waals surface area contributed by atoms with Crippen LogP contribution in [0.25, 0.3) is 0 Å². The summed E-state index contributed by atoms with van der Waals surface area (Å²) >= 11 is 0. The first-order valence-electron chi connectivity index (χ1n) is 8.48.